The van der Waals surface area contributed by atoms with Crippen LogP contribution in [0.1, 0.15) is 18.9 Å². The van der Waals surface area contributed by atoms with Crippen molar-refractivity contribution >= 4 is 21.8 Å². The fourth-order valence-corrected chi connectivity index (χ4v) is 1.91. The summed E-state index contributed by atoms with van der Waals surface area (Å²) in [6.45, 7) is 2.05. The van der Waals surface area contributed by atoms with Gasteiger partial charge in [-0.1, -0.05) is 21.1 Å². The molecule has 106 valence electrons. The number of nitrogens with zero attached hydrogens (tertiary/aromatic N) is 2. The van der Waals surface area contributed by atoms with E-state index in [4.69, 9.17) is 4.52 Å². The van der Waals surface area contributed by atoms with E-state index in [1.165, 1.54) is 0 Å². The van der Waals surface area contributed by atoms with E-state index in [-0.39, 0.29) is 18.5 Å². The molecule has 0 radical (unpaired) electrons. The summed E-state index contributed by atoms with van der Waals surface area (Å²) >= 11 is 3.37. The number of aromatic nitrogens is 2. The highest BCUT2D eigenvalue weighted by Gasteiger charge is 2.16. The third kappa shape index (κ3) is 3.64. The number of halogens is 1. The molecule has 0 fully saturated rings. The van der Waals surface area contributed by atoms with Gasteiger partial charge in [-0.05, 0) is 38.2 Å². The van der Waals surface area contributed by atoms with Gasteiger partial charge >= 0.3 is 0 Å². The Morgan fingerprint density at radius 2 is 2.10 bits per heavy atom. The number of carbonyl (C=O) groups excluding carboxylic acids is 1. The van der Waals surface area contributed by atoms with Gasteiger partial charge in [0.05, 0.1) is 6.54 Å². The molecular formula is C13H15BrN4O2. The lowest BCUT2D eigenvalue weighted by atomic mass is 10.2. The van der Waals surface area contributed by atoms with Crippen LogP contribution >= 0.6 is 15.9 Å². The molecule has 1 aromatic carbocycles. The first-order chi connectivity index (χ1) is 9.60. The third-order valence-corrected chi connectivity index (χ3v) is 3.16. The number of likely N-dealkylation sites (N-methyl/N-ethyl adjacent to an activating group) is 1. The van der Waals surface area contributed by atoms with Crippen LogP contribution in [0.15, 0.2) is 33.3 Å². The monoisotopic (exact) mass is 338 g/mol. The number of carbonyl (C=O) groups is 1. The van der Waals surface area contributed by atoms with Crippen molar-refractivity contribution in [1.29, 1.82) is 0 Å². The number of hydrogen-bond donors (Lipinski definition) is 2. The molecule has 1 atom stereocenters. The second kappa shape index (κ2) is 6.62. The van der Waals surface area contributed by atoms with Crippen LogP contribution in [-0.4, -0.2) is 29.6 Å². The number of nitrogens with one attached hydrogen (secondary N) is 2. The predicted octanol–water partition coefficient (Wildman–Crippen LogP) is 1.90. The van der Waals surface area contributed by atoms with Gasteiger partial charge in [0.25, 0.3) is 0 Å². The normalized spacial score (nSPS) is 12.2. The van der Waals surface area contributed by atoms with Crippen molar-refractivity contribution in [2.24, 2.45) is 0 Å². The highest BCUT2D eigenvalue weighted by atomic mass is 79.9. The Balaban J connectivity index is 2.08. The Morgan fingerprint density at radius 3 is 2.75 bits per heavy atom. The van der Waals surface area contributed by atoms with Crippen LogP contribution in [0, 0.1) is 0 Å². The Hall–Kier alpha value is -1.73. The van der Waals surface area contributed by atoms with Crippen LogP contribution in [0.5, 0.6) is 0 Å². The molecule has 0 aliphatic rings. The van der Waals surface area contributed by atoms with E-state index in [9.17, 15) is 4.79 Å². The molecule has 2 aromatic rings. The van der Waals surface area contributed by atoms with Gasteiger partial charge in [0, 0.05) is 10.0 Å². The van der Waals surface area contributed by atoms with E-state index < -0.39 is 0 Å². The Morgan fingerprint density at radius 1 is 1.40 bits per heavy atom. The second-order valence-corrected chi connectivity index (χ2v) is 5.20. The first-order valence-electron chi connectivity index (χ1n) is 6.13. The molecule has 2 N–H and O–H groups in total. The molecule has 0 bridgehead atoms. The fourth-order valence-electron chi connectivity index (χ4n) is 1.64. The zero-order valence-corrected chi connectivity index (χ0v) is 12.8. The fraction of sp³-hybridized carbons (Fsp3) is 0.308. The number of amides is 1. The SMILES string of the molecule is CNCC(=O)N[C@H](C)c1nc(-c2ccc(Br)cc2)no1. The number of hydrogen-bond acceptors (Lipinski definition) is 5. The first-order valence-corrected chi connectivity index (χ1v) is 6.93. The van der Waals surface area contributed by atoms with E-state index in [0.29, 0.717) is 11.7 Å². The van der Waals surface area contributed by atoms with Crippen molar-refractivity contribution in [3.05, 3.63) is 34.6 Å². The summed E-state index contributed by atoms with van der Waals surface area (Å²) in [7, 11) is 1.71. The van der Waals surface area contributed by atoms with E-state index in [1.54, 1.807) is 14.0 Å². The molecule has 0 aliphatic carbocycles. The van der Waals surface area contributed by atoms with Gasteiger partial charge in [-0.3, -0.25) is 4.79 Å². The van der Waals surface area contributed by atoms with E-state index in [2.05, 4.69) is 36.7 Å². The number of benzene rings is 1. The molecule has 2 rings (SSSR count). The largest absolute Gasteiger partial charge is 0.343 e. The molecule has 0 saturated heterocycles. The highest BCUT2D eigenvalue weighted by molar-refractivity contribution is 9.10. The van der Waals surface area contributed by atoms with Gasteiger partial charge in [-0.15, -0.1) is 0 Å². The van der Waals surface area contributed by atoms with Crippen LogP contribution in [0.4, 0.5) is 0 Å². The molecule has 7 heteroatoms. The summed E-state index contributed by atoms with van der Waals surface area (Å²) < 4.78 is 6.17. The summed E-state index contributed by atoms with van der Waals surface area (Å²) in [5.41, 5.74) is 0.858. The Bertz CT molecular complexity index is 582. The summed E-state index contributed by atoms with van der Waals surface area (Å²) in [6.07, 6.45) is 0. The Labute approximate surface area is 125 Å². The van der Waals surface area contributed by atoms with Crippen LogP contribution in [-0.2, 0) is 4.79 Å². The van der Waals surface area contributed by atoms with Gasteiger partial charge in [0.2, 0.25) is 17.6 Å². The summed E-state index contributed by atoms with van der Waals surface area (Å²) in [4.78, 5) is 15.8. The topological polar surface area (TPSA) is 80.0 Å². The summed E-state index contributed by atoms with van der Waals surface area (Å²) in [5, 5.41) is 9.47. The lowest BCUT2D eigenvalue weighted by molar-refractivity contribution is -0.120. The van der Waals surface area contributed by atoms with Crippen LogP contribution in [0.2, 0.25) is 0 Å². The van der Waals surface area contributed by atoms with Crippen molar-refractivity contribution in [1.82, 2.24) is 20.8 Å². The molecule has 0 saturated carbocycles. The Kier molecular flexibility index (Phi) is 4.86. The second-order valence-electron chi connectivity index (χ2n) is 4.28. The van der Waals surface area contributed by atoms with Crippen molar-refractivity contribution in [2.45, 2.75) is 13.0 Å². The molecule has 0 aliphatic heterocycles. The van der Waals surface area contributed by atoms with Crippen molar-refractivity contribution < 1.29 is 9.32 Å². The molecule has 6 nitrogen and oxygen atoms in total. The molecule has 20 heavy (non-hydrogen) atoms. The lowest BCUT2D eigenvalue weighted by Crippen LogP contribution is -2.34. The average molecular weight is 339 g/mol. The zero-order valence-electron chi connectivity index (χ0n) is 11.2. The van der Waals surface area contributed by atoms with Gasteiger partial charge in [-0.2, -0.15) is 4.98 Å². The van der Waals surface area contributed by atoms with E-state index >= 15 is 0 Å². The highest BCUT2D eigenvalue weighted by Crippen LogP contribution is 2.20. The molecule has 0 unspecified atom stereocenters. The average Bonchev–Trinajstić information content (AvgIpc) is 2.89. The minimum Gasteiger partial charge on any atom is -0.343 e. The molecular weight excluding hydrogens is 324 g/mol. The molecule has 0 spiro atoms. The third-order valence-electron chi connectivity index (χ3n) is 2.63. The van der Waals surface area contributed by atoms with Crippen molar-refractivity contribution in [3.8, 4) is 11.4 Å². The minimum atomic E-state index is -0.326. The molecule has 1 aromatic heterocycles. The van der Waals surface area contributed by atoms with E-state index in [1.807, 2.05) is 24.3 Å². The lowest BCUT2D eigenvalue weighted by Gasteiger charge is -2.08. The van der Waals surface area contributed by atoms with E-state index in [0.717, 1.165) is 10.0 Å². The van der Waals surface area contributed by atoms with Crippen molar-refractivity contribution in [2.75, 3.05) is 13.6 Å². The van der Waals surface area contributed by atoms with Crippen LogP contribution in [0.3, 0.4) is 0 Å². The van der Waals surface area contributed by atoms with Gasteiger partial charge in [-0.25, -0.2) is 0 Å². The summed E-state index contributed by atoms with van der Waals surface area (Å²) in [5.74, 6) is 0.762. The van der Waals surface area contributed by atoms with Crippen LogP contribution < -0.4 is 10.6 Å². The number of rotatable bonds is 5. The maximum absolute atomic E-state index is 11.5. The van der Waals surface area contributed by atoms with Gasteiger partial charge in [0.1, 0.15) is 6.04 Å². The molecule has 1 amide bonds. The minimum absolute atomic E-state index is 0.122. The standard InChI is InChI=1S/C13H15BrN4O2/c1-8(16-11(19)7-15-2)13-17-12(18-20-13)9-3-5-10(14)6-4-9/h3-6,8,15H,7H2,1-2H3,(H,16,19)/t8-/m1/s1. The van der Waals surface area contributed by atoms with Crippen LogP contribution in [0.25, 0.3) is 11.4 Å². The first kappa shape index (κ1) is 14.7. The molecule has 1 heterocycles. The van der Waals surface area contributed by atoms with Gasteiger partial charge < -0.3 is 15.2 Å². The maximum atomic E-state index is 11.5. The quantitative estimate of drug-likeness (QED) is 0.870. The predicted molar refractivity (Wildman–Crippen MR) is 77.9 cm³/mol. The smallest absolute Gasteiger partial charge is 0.249 e. The zero-order chi connectivity index (χ0) is 14.5. The summed E-state index contributed by atoms with van der Waals surface area (Å²) in [6, 6.07) is 7.27. The van der Waals surface area contributed by atoms with Crippen molar-refractivity contribution in [3.63, 3.8) is 0 Å². The maximum Gasteiger partial charge on any atom is 0.249 e. The van der Waals surface area contributed by atoms with Gasteiger partial charge in [0.15, 0.2) is 0 Å².